The van der Waals surface area contributed by atoms with Crippen LogP contribution in [-0.2, 0) is 6.42 Å². The molecule has 2 rings (SSSR count). The minimum atomic E-state index is -0.936. The lowest BCUT2D eigenvalue weighted by Gasteiger charge is -2.10. The zero-order chi connectivity index (χ0) is 10.8. The van der Waals surface area contributed by atoms with Crippen molar-refractivity contribution in [3.8, 4) is 5.75 Å². The summed E-state index contributed by atoms with van der Waals surface area (Å²) in [4.78, 5) is 11.0. The van der Waals surface area contributed by atoms with E-state index in [9.17, 15) is 4.79 Å². The minimum Gasteiger partial charge on any atom is -0.492 e. The Labute approximate surface area is 96.2 Å². The van der Waals surface area contributed by atoms with Crippen LogP contribution < -0.4 is 4.74 Å². The Morgan fingerprint density at radius 1 is 1.40 bits per heavy atom. The van der Waals surface area contributed by atoms with Crippen LogP contribution in [0.5, 0.6) is 5.75 Å². The highest BCUT2D eigenvalue weighted by Crippen LogP contribution is 2.31. The molecule has 0 aliphatic carbocycles. The van der Waals surface area contributed by atoms with Crippen molar-refractivity contribution in [2.45, 2.75) is 19.3 Å². The van der Waals surface area contributed by atoms with Crippen LogP contribution in [0.2, 0.25) is 0 Å². The molecule has 0 fully saturated rings. The number of ether oxygens (including phenoxy) is 1. The van der Waals surface area contributed by atoms with Crippen molar-refractivity contribution in [2.75, 3.05) is 6.61 Å². The maximum absolute atomic E-state index is 11.0. The zero-order valence-corrected chi connectivity index (χ0v) is 9.71. The summed E-state index contributed by atoms with van der Waals surface area (Å²) in [5.41, 5.74) is 1.24. The molecule has 0 bridgehead atoms. The maximum atomic E-state index is 11.0. The second kappa shape index (κ2) is 4.23. The highest BCUT2D eigenvalue weighted by Gasteiger charge is 2.18. The molecule has 1 heterocycles. The molecule has 1 aliphatic rings. The second-order valence-electron chi connectivity index (χ2n) is 3.55. The van der Waals surface area contributed by atoms with Crippen molar-refractivity contribution in [3.63, 3.8) is 0 Å². The number of aromatic carboxylic acids is 1. The first-order chi connectivity index (χ1) is 7.18. The average molecular weight is 271 g/mol. The van der Waals surface area contributed by atoms with E-state index in [0.717, 1.165) is 29.3 Å². The molecule has 0 saturated heterocycles. The van der Waals surface area contributed by atoms with Gasteiger partial charge in [-0.3, -0.25) is 0 Å². The highest BCUT2D eigenvalue weighted by molar-refractivity contribution is 9.10. The van der Waals surface area contributed by atoms with E-state index in [4.69, 9.17) is 9.84 Å². The Kier molecular flexibility index (Phi) is 2.95. The number of rotatable bonds is 1. The van der Waals surface area contributed by atoms with Crippen molar-refractivity contribution in [2.24, 2.45) is 0 Å². The van der Waals surface area contributed by atoms with Gasteiger partial charge in [-0.1, -0.05) is 15.9 Å². The van der Waals surface area contributed by atoms with Crippen LogP contribution in [0.3, 0.4) is 0 Å². The van der Waals surface area contributed by atoms with Gasteiger partial charge >= 0.3 is 5.97 Å². The molecule has 3 nitrogen and oxygen atoms in total. The van der Waals surface area contributed by atoms with Crippen LogP contribution >= 0.6 is 15.9 Å². The highest BCUT2D eigenvalue weighted by atomic mass is 79.9. The number of halogens is 1. The number of aryl methyl sites for hydroxylation is 1. The predicted molar refractivity (Wildman–Crippen MR) is 59.5 cm³/mol. The zero-order valence-electron chi connectivity index (χ0n) is 8.12. The van der Waals surface area contributed by atoms with Gasteiger partial charge in [-0.05, 0) is 37.0 Å². The molecule has 1 N–H and O–H groups in total. The summed E-state index contributed by atoms with van der Waals surface area (Å²) in [7, 11) is 0. The number of fused-ring (bicyclic) bond motifs is 1. The van der Waals surface area contributed by atoms with Gasteiger partial charge in [0.1, 0.15) is 11.3 Å². The number of carboxylic acids is 1. The van der Waals surface area contributed by atoms with Crippen LogP contribution in [-0.4, -0.2) is 17.7 Å². The van der Waals surface area contributed by atoms with Crippen LogP contribution in [0.25, 0.3) is 0 Å². The molecule has 0 amide bonds. The fourth-order valence-electron chi connectivity index (χ4n) is 1.76. The SMILES string of the molecule is O=C(O)c1cc(Br)cc2c1OCCCC2. The largest absolute Gasteiger partial charge is 0.492 e. The smallest absolute Gasteiger partial charge is 0.339 e. The van der Waals surface area contributed by atoms with E-state index in [-0.39, 0.29) is 5.56 Å². The number of hydrogen-bond donors (Lipinski definition) is 1. The van der Waals surface area contributed by atoms with Gasteiger partial charge in [0.05, 0.1) is 6.61 Å². The van der Waals surface area contributed by atoms with E-state index in [1.807, 2.05) is 6.07 Å². The second-order valence-corrected chi connectivity index (χ2v) is 4.47. The molecular weight excluding hydrogens is 260 g/mol. The fourth-order valence-corrected chi connectivity index (χ4v) is 2.26. The molecular formula is C11H11BrO3. The first kappa shape index (κ1) is 10.5. The molecule has 0 spiro atoms. The van der Waals surface area contributed by atoms with E-state index in [0.29, 0.717) is 12.4 Å². The number of carboxylic acid groups (broad SMARTS) is 1. The van der Waals surface area contributed by atoms with Crippen molar-refractivity contribution in [3.05, 3.63) is 27.7 Å². The monoisotopic (exact) mass is 270 g/mol. The third kappa shape index (κ3) is 2.15. The molecule has 1 aromatic rings. The lowest BCUT2D eigenvalue weighted by Crippen LogP contribution is -2.04. The molecule has 1 aromatic carbocycles. The molecule has 0 unspecified atom stereocenters. The van der Waals surface area contributed by atoms with Crippen LogP contribution in [0, 0.1) is 0 Å². The van der Waals surface area contributed by atoms with E-state index < -0.39 is 5.97 Å². The van der Waals surface area contributed by atoms with E-state index in [1.165, 1.54) is 0 Å². The molecule has 1 aliphatic heterocycles. The maximum Gasteiger partial charge on any atom is 0.339 e. The lowest BCUT2D eigenvalue weighted by atomic mass is 10.0. The van der Waals surface area contributed by atoms with E-state index in [2.05, 4.69) is 15.9 Å². The van der Waals surface area contributed by atoms with Gasteiger partial charge in [0.25, 0.3) is 0 Å². The number of benzene rings is 1. The van der Waals surface area contributed by atoms with Crippen molar-refractivity contribution in [1.82, 2.24) is 0 Å². The Hall–Kier alpha value is -1.03. The Morgan fingerprint density at radius 3 is 2.93 bits per heavy atom. The van der Waals surface area contributed by atoms with Crippen LogP contribution in [0.1, 0.15) is 28.8 Å². The summed E-state index contributed by atoms with van der Waals surface area (Å²) in [6.45, 7) is 0.606. The molecule has 0 atom stereocenters. The molecule has 0 aromatic heterocycles. The van der Waals surface area contributed by atoms with Crippen LogP contribution in [0.4, 0.5) is 0 Å². The average Bonchev–Trinajstić information content (AvgIpc) is 2.41. The first-order valence-electron chi connectivity index (χ1n) is 4.87. The number of hydrogen-bond acceptors (Lipinski definition) is 2. The summed E-state index contributed by atoms with van der Waals surface area (Å²) < 4.78 is 6.29. The lowest BCUT2D eigenvalue weighted by molar-refractivity contribution is 0.0692. The molecule has 0 radical (unpaired) electrons. The normalized spacial score (nSPS) is 15.0. The van der Waals surface area contributed by atoms with Gasteiger partial charge in [-0.15, -0.1) is 0 Å². The quantitative estimate of drug-likeness (QED) is 0.854. The number of carbonyl (C=O) groups is 1. The van der Waals surface area contributed by atoms with Gasteiger partial charge in [0, 0.05) is 4.47 Å². The first-order valence-corrected chi connectivity index (χ1v) is 5.66. The molecule has 4 heteroatoms. The van der Waals surface area contributed by atoms with Gasteiger partial charge in [0.2, 0.25) is 0 Å². The van der Waals surface area contributed by atoms with Crippen molar-refractivity contribution < 1.29 is 14.6 Å². The van der Waals surface area contributed by atoms with Gasteiger partial charge in [-0.2, -0.15) is 0 Å². The standard InChI is InChI=1S/C11H11BrO3/c12-8-5-7-3-1-2-4-15-10(7)9(6-8)11(13)14/h5-6H,1-4H2,(H,13,14). The topological polar surface area (TPSA) is 46.5 Å². The third-order valence-electron chi connectivity index (χ3n) is 2.45. The van der Waals surface area contributed by atoms with E-state index in [1.54, 1.807) is 6.07 Å². The Balaban J connectivity index is 2.54. The van der Waals surface area contributed by atoms with Gasteiger partial charge in [0.15, 0.2) is 0 Å². The van der Waals surface area contributed by atoms with E-state index >= 15 is 0 Å². The summed E-state index contributed by atoms with van der Waals surface area (Å²) in [5, 5.41) is 9.06. The summed E-state index contributed by atoms with van der Waals surface area (Å²) in [6, 6.07) is 3.53. The van der Waals surface area contributed by atoms with Crippen molar-refractivity contribution in [1.29, 1.82) is 0 Å². The molecule has 0 saturated carbocycles. The summed E-state index contributed by atoms with van der Waals surface area (Å²) in [6.07, 6.45) is 2.91. The third-order valence-corrected chi connectivity index (χ3v) is 2.91. The molecule has 80 valence electrons. The van der Waals surface area contributed by atoms with Crippen molar-refractivity contribution >= 4 is 21.9 Å². The molecule has 15 heavy (non-hydrogen) atoms. The van der Waals surface area contributed by atoms with Gasteiger partial charge < -0.3 is 9.84 Å². The predicted octanol–water partition coefficient (Wildman–Crippen LogP) is 2.86. The fraction of sp³-hybridized carbons (Fsp3) is 0.364. The Morgan fingerprint density at radius 2 is 2.20 bits per heavy atom. The van der Waals surface area contributed by atoms with Gasteiger partial charge in [-0.25, -0.2) is 4.79 Å². The summed E-state index contributed by atoms with van der Waals surface area (Å²) in [5.74, 6) is -0.391. The summed E-state index contributed by atoms with van der Waals surface area (Å²) >= 11 is 3.32. The minimum absolute atomic E-state index is 0.251. The van der Waals surface area contributed by atoms with Crippen LogP contribution in [0.15, 0.2) is 16.6 Å². The Bertz CT molecular complexity index is 401.